The van der Waals surface area contributed by atoms with Gasteiger partial charge >= 0.3 is 5.97 Å². The lowest BCUT2D eigenvalue weighted by Gasteiger charge is -2.25. The van der Waals surface area contributed by atoms with Crippen molar-refractivity contribution >= 4 is 23.4 Å². The van der Waals surface area contributed by atoms with Gasteiger partial charge in [-0.2, -0.15) is 0 Å². The smallest absolute Gasteiger partial charge is 0.338 e. The zero-order chi connectivity index (χ0) is 25.8. The highest BCUT2D eigenvalue weighted by Crippen LogP contribution is 2.35. The number of ether oxygens (including phenoxy) is 4. The van der Waals surface area contributed by atoms with Gasteiger partial charge in [0, 0.05) is 0 Å². The fraction of sp³-hybridized carbons (Fsp3) is 0.222. The SMILES string of the molecule is C=CCOc1ccc(/C=c2/sc3n(c2=O)[C@H](c2ccc(OC)c(OC)c2)C(C(=O)OC)=C(C)N=3)cc1. The quantitative estimate of drug-likeness (QED) is 0.345. The zero-order valence-corrected chi connectivity index (χ0v) is 21.3. The van der Waals surface area contributed by atoms with Crippen LogP contribution in [0.4, 0.5) is 0 Å². The van der Waals surface area contributed by atoms with Gasteiger partial charge in [-0.3, -0.25) is 9.36 Å². The molecule has 2 heterocycles. The van der Waals surface area contributed by atoms with E-state index in [0.717, 1.165) is 5.56 Å². The second-order valence-corrected chi connectivity index (χ2v) is 8.87. The van der Waals surface area contributed by atoms with Gasteiger partial charge in [-0.05, 0) is 48.4 Å². The second kappa shape index (κ2) is 10.7. The lowest BCUT2D eigenvalue weighted by Crippen LogP contribution is -2.39. The van der Waals surface area contributed by atoms with Crippen molar-refractivity contribution < 1.29 is 23.7 Å². The highest BCUT2D eigenvalue weighted by Gasteiger charge is 2.33. The normalized spacial score (nSPS) is 15.1. The summed E-state index contributed by atoms with van der Waals surface area (Å²) in [6, 6.07) is 11.9. The van der Waals surface area contributed by atoms with E-state index in [2.05, 4.69) is 11.6 Å². The molecule has 0 unspecified atom stereocenters. The number of carbonyl (C=O) groups is 1. The summed E-state index contributed by atoms with van der Waals surface area (Å²) in [5, 5.41) is 0. The Bertz CT molecular complexity index is 1520. The summed E-state index contributed by atoms with van der Waals surface area (Å²) in [7, 11) is 4.38. The number of aromatic nitrogens is 1. The van der Waals surface area contributed by atoms with Crippen LogP contribution in [0.1, 0.15) is 24.1 Å². The average molecular weight is 507 g/mol. The van der Waals surface area contributed by atoms with E-state index >= 15 is 0 Å². The van der Waals surface area contributed by atoms with Gasteiger partial charge in [0.2, 0.25) is 0 Å². The molecule has 0 N–H and O–H groups in total. The molecule has 4 rings (SSSR count). The van der Waals surface area contributed by atoms with Crippen LogP contribution >= 0.6 is 11.3 Å². The number of carbonyl (C=O) groups excluding carboxylic acids is 1. The molecule has 1 aromatic heterocycles. The van der Waals surface area contributed by atoms with Crippen molar-refractivity contribution in [3.05, 3.63) is 97.2 Å². The molecule has 1 atom stereocenters. The number of methoxy groups -OCH3 is 3. The van der Waals surface area contributed by atoms with E-state index in [4.69, 9.17) is 18.9 Å². The van der Waals surface area contributed by atoms with Crippen molar-refractivity contribution in [2.45, 2.75) is 13.0 Å². The van der Waals surface area contributed by atoms with Crippen LogP contribution in [0.25, 0.3) is 6.08 Å². The number of rotatable bonds is 8. The highest BCUT2D eigenvalue weighted by atomic mass is 32.1. The van der Waals surface area contributed by atoms with Crippen molar-refractivity contribution in [2.75, 3.05) is 27.9 Å². The van der Waals surface area contributed by atoms with Crippen molar-refractivity contribution in [3.63, 3.8) is 0 Å². The van der Waals surface area contributed by atoms with E-state index in [-0.39, 0.29) is 11.1 Å². The Kier molecular flexibility index (Phi) is 7.40. The van der Waals surface area contributed by atoms with Crippen molar-refractivity contribution in [1.29, 1.82) is 0 Å². The van der Waals surface area contributed by atoms with Crippen LogP contribution in [0, 0.1) is 0 Å². The monoisotopic (exact) mass is 506 g/mol. The van der Waals surface area contributed by atoms with Crippen molar-refractivity contribution in [1.82, 2.24) is 4.57 Å². The van der Waals surface area contributed by atoms with Crippen LogP contribution in [0.2, 0.25) is 0 Å². The molecule has 0 spiro atoms. The maximum Gasteiger partial charge on any atom is 0.338 e. The third-order valence-electron chi connectivity index (χ3n) is 5.70. The number of thiazole rings is 1. The van der Waals surface area contributed by atoms with Gasteiger partial charge in [0.1, 0.15) is 12.4 Å². The van der Waals surface area contributed by atoms with Gasteiger partial charge < -0.3 is 18.9 Å². The largest absolute Gasteiger partial charge is 0.493 e. The van der Waals surface area contributed by atoms with E-state index < -0.39 is 12.0 Å². The molecule has 0 saturated heterocycles. The number of fused-ring (bicyclic) bond motifs is 1. The lowest BCUT2D eigenvalue weighted by atomic mass is 9.95. The summed E-state index contributed by atoms with van der Waals surface area (Å²) in [6.07, 6.45) is 3.47. The number of hydrogen-bond donors (Lipinski definition) is 0. The second-order valence-electron chi connectivity index (χ2n) is 7.86. The van der Waals surface area contributed by atoms with Crippen molar-refractivity contribution in [3.8, 4) is 17.2 Å². The molecular weight excluding hydrogens is 480 g/mol. The summed E-state index contributed by atoms with van der Waals surface area (Å²) >= 11 is 1.26. The molecule has 9 heteroatoms. The number of esters is 1. The van der Waals surface area contributed by atoms with Gasteiger partial charge in [-0.15, -0.1) is 0 Å². The van der Waals surface area contributed by atoms with Gasteiger partial charge in [-0.25, -0.2) is 9.79 Å². The van der Waals surface area contributed by atoms with E-state index in [1.807, 2.05) is 24.3 Å². The third kappa shape index (κ3) is 4.70. The molecule has 8 nitrogen and oxygen atoms in total. The fourth-order valence-corrected chi connectivity index (χ4v) is 5.04. The Morgan fingerprint density at radius 1 is 1.11 bits per heavy atom. The Labute approximate surface area is 212 Å². The van der Waals surface area contributed by atoms with Gasteiger partial charge in [0.25, 0.3) is 5.56 Å². The van der Waals surface area contributed by atoms with Gasteiger partial charge in [0.15, 0.2) is 16.3 Å². The number of benzene rings is 2. The first kappa shape index (κ1) is 25.0. The van der Waals surface area contributed by atoms with E-state index in [1.165, 1.54) is 30.1 Å². The van der Waals surface area contributed by atoms with Crippen LogP contribution < -0.4 is 29.1 Å². The molecular formula is C27H26N2O6S. The number of hydrogen-bond acceptors (Lipinski definition) is 8. The molecule has 1 aliphatic rings. The Balaban J connectivity index is 1.88. The van der Waals surface area contributed by atoms with E-state index in [0.29, 0.717) is 44.4 Å². The molecule has 186 valence electrons. The first-order valence-corrected chi connectivity index (χ1v) is 11.9. The topological polar surface area (TPSA) is 88.3 Å². The highest BCUT2D eigenvalue weighted by molar-refractivity contribution is 7.07. The number of nitrogens with zero attached hydrogens (tertiary/aromatic N) is 2. The van der Waals surface area contributed by atoms with Crippen LogP contribution in [0.3, 0.4) is 0 Å². The maximum atomic E-state index is 13.7. The lowest BCUT2D eigenvalue weighted by molar-refractivity contribution is -0.136. The zero-order valence-electron chi connectivity index (χ0n) is 20.4. The molecule has 0 saturated carbocycles. The average Bonchev–Trinajstić information content (AvgIpc) is 3.20. The van der Waals surface area contributed by atoms with E-state index in [9.17, 15) is 9.59 Å². The molecule has 2 aromatic carbocycles. The molecule has 0 aliphatic carbocycles. The summed E-state index contributed by atoms with van der Waals surface area (Å²) in [6.45, 7) is 5.79. The first-order chi connectivity index (χ1) is 17.4. The maximum absolute atomic E-state index is 13.7. The van der Waals surface area contributed by atoms with Crippen LogP contribution in [0.5, 0.6) is 17.2 Å². The minimum absolute atomic E-state index is 0.264. The Morgan fingerprint density at radius 3 is 2.47 bits per heavy atom. The fourth-order valence-electron chi connectivity index (χ4n) is 4.00. The summed E-state index contributed by atoms with van der Waals surface area (Å²) in [5.74, 6) is 1.17. The molecule has 0 fully saturated rings. The summed E-state index contributed by atoms with van der Waals surface area (Å²) < 4.78 is 23.4. The molecule has 1 aliphatic heterocycles. The molecule has 0 bridgehead atoms. The minimum atomic E-state index is -0.745. The third-order valence-corrected chi connectivity index (χ3v) is 6.68. The first-order valence-electron chi connectivity index (χ1n) is 11.1. The Morgan fingerprint density at radius 2 is 1.83 bits per heavy atom. The van der Waals surface area contributed by atoms with Gasteiger partial charge in [-0.1, -0.05) is 42.2 Å². The summed E-state index contributed by atoms with van der Waals surface area (Å²) in [4.78, 5) is 31.6. The molecule has 36 heavy (non-hydrogen) atoms. The van der Waals surface area contributed by atoms with Crippen LogP contribution in [-0.4, -0.2) is 38.5 Å². The Hall–Kier alpha value is -4.11. The van der Waals surface area contributed by atoms with Crippen LogP contribution in [-0.2, 0) is 9.53 Å². The van der Waals surface area contributed by atoms with Crippen LogP contribution in [0.15, 0.2) is 76.2 Å². The van der Waals surface area contributed by atoms with Crippen molar-refractivity contribution in [2.24, 2.45) is 4.99 Å². The van der Waals surface area contributed by atoms with E-state index in [1.54, 1.807) is 44.4 Å². The number of allylic oxidation sites excluding steroid dienone is 1. The molecule has 3 aromatic rings. The standard InChI is InChI=1S/C27H26N2O6S/c1-6-13-35-19-10-7-17(8-11-19)14-22-25(30)29-24(18-9-12-20(32-3)21(15-18)33-4)23(26(31)34-5)16(2)28-27(29)36-22/h6-12,14-15,24H,1,13H2,2-5H3/b22-14+/t24-/m1/s1. The summed E-state index contributed by atoms with van der Waals surface area (Å²) in [5.41, 5.74) is 2.00. The molecule has 0 radical (unpaired) electrons. The minimum Gasteiger partial charge on any atom is -0.493 e. The molecule has 0 amide bonds. The predicted molar refractivity (Wildman–Crippen MR) is 137 cm³/mol. The predicted octanol–water partition coefficient (Wildman–Crippen LogP) is 2.99. The van der Waals surface area contributed by atoms with Gasteiger partial charge in [0.05, 0.1) is 43.2 Å².